The maximum Gasteiger partial charge on any atom is 0.0438 e. The second-order valence-electron chi connectivity index (χ2n) is 5.96. The van der Waals surface area contributed by atoms with Gasteiger partial charge < -0.3 is 5.32 Å². The SMILES string of the molecule is CNCC1(Cc2ccccc2Cl)CC2CC2C1. The molecule has 2 aliphatic carbocycles. The van der Waals surface area contributed by atoms with Crippen LogP contribution in [-0.4, -0.2) is 13.6 Å². The first-order valence-corrected chi connectivity index (χ1v) is 6.98. The molecule has 2 atom stereocenters. The molecule has 1 nitrogen and oxygen atoms in total. The van der Waals surface area contributed by atoms with E-state index in [0.29, 0.717) is 5.41 Å². The van der Waals surface area contributed by atoms with Gasteiger partial charge >= 0.3 is 0 Å². The van der Waals surface area contributed by atoms with Gasteiger partial charge in [0.05, 0.1) is 0 Å². The van der Waals surface area contributed by atoms with E-state index in [1.165, 1.54) is 24.8 Å². The molecule has 2 saturated carbocycles. The Balaban J connectivity index is 1.79. The Morgan fingerprint density at radius 3 is 2.65 bits per heavy atom. The van der Waals surface area contributed by atoms with E-state index < -0.39 is 0 Å². The van der Waals surface area contributed by atoms with Crippen LogP contribution in [0.15, 0.2) is 24.3 Å². The van der Waals surface area contributed by atoms with E-state index in [2.05, 4.69) is 24.5 Å². The highest BCUT2D eigenvalue weighted by atomic mass is 35.5. The van der Waals surface area contributed by atoms with Crippen molar-refractivity contribution in [1.29, 1.82) is 0 Å². The van der Waals surface area contributed by atoms with Crippen LogP contribution in [0.4, 0.5) is 0 Å². The summed E-state index contributed by atoms with van der Waals surface area (Å²) in [6.45, 7) is 1.13. The highest BCUT2D eigenvalue weighted by Gasteiger charge is 2.53. The van der Waals surface area contributed by atoms with Gasteiger partial charge in [0.15, 0.2) is 0 Å². The number of nitrogens with one attached hydrogen (secondary N) is 1. The van der Waals surface area contributed by atoms with Gasteiger partial charge in [-0.1, -0.05) is 29.8 Å². The van der Waals surface area contributed by atoms with Gasteiger partial charge in [-0.15, -0.1) is 0 Å². The monoisotopic (exact) mass is 249 g/mol. The average molecular weight is 250 g/mol. The van der Waals surface area contributed by atoms with E-state index in [4.69, 9.17) is 11.6 Å². The average Bonchev–Trinajstić information content (AvgIpc) is 2.91. The number of halogens is 1. The molecule has 0 heterocycles. The first kappa shape index (κ1) is 11.6. The minimum atomic E-state index is 0.466. The summed E-state index contributed by atoms with van der Waals surface area (Å²) in [7, 11) is 2.07. The Bertz CT molecular complexity index is 405. The van der Waals surface area contributed by atoms with Gasteiger partial charge in [-0.3, -0.25) is 0 Å². The van der Waals surface area contributed by atoms with Crippen molar-refractivity contribution in [3.8, 4) is 0 Å². The summed E-state index contributed by atoms with van der Waals surface area (Å²) in [5.41, 5.74) is 1.79. The maximum atomic E-state index is 6.29. The topological polar surface area (TPSA) is 12.0 Å². The molecule has 2 heteroatoms. The predicted molar refractivity (Wildman–Crippen MR) is 72.3 cm³/mol. The molecule has 0 spiro atoms. The molecule has 0 radical (unpaired) electrons. The third-order valence-electron chi connectivity index (χ3n) is 4.53. The molecule has 17 heavy (non-hydrogen) atoms. The molecule has 3 rings (SSSR count). The van der Waals surface area contributed by atoms with Gasteiger partial charge in [-0.2, -0.15) is 0 Å². The summed E-state index contributed by atoms with van der Waals surface area (Å²) in [6, 6.07) is 8.32. The second kappa shape index (κ2) is 4.29. The summed E-state index contributed by atoms with van der Waals surface area (Å²) in [5.74, 6) is 2.04. The van der Waals surface area contributed by atoms with E-state index in [0.717, 1.165) is 29.8 Å². The van der Waals surface area contributed by atoms with E-state index in [1.54, 1.807) is 0 Å². The first-order chi connectivity index (χ1) is 8.22. The zero-order valence-corrected chi connectivity index (χ0v) is 11.1. The number of hydrogen-bond acceptors (Lipinski definition) is 1. The van der Waals surface area contributed by atoms with Crippen molar-refractivity contribution in [2.24, 2.45) is 17.3 Å². The third-order valence-corrected chi connectivity index (χ3v) is 4.90. The van der Waals surface area contributed by atoms with Gasteiger partial charge in [-0.05, 0) is 61.6 Å². The van der Waals surface area contributed by atoms with Crippen LogP contribution in [0.5, 0.6) is 0 Å². The highest BCUT2D eigenvalue weighted by Crippen LogP contribution is 2.60. The fourth-order valence-corrected chi connectivity index (χ4v) is 3.98. The summed E-state index contributed by atoms with van der Waals surface area (Å²) < 4.78 is 0. The van der Waals surface area contributed by atoms with Crippen molar-refractivity contribution in [2.75, 3.05) is 13.6 Å². The second-order valence-corrected chi connectivity index (χ2v) is 6.37. The standard InChI is InChI=1S/C15H20ClN/c1-17-10-15(8-12-6-13(12)9-15)7-11-4-2-3-5-14(11)16/h2-5,12-13,17H,6-10H2,1H3. The Morgan fingerprint density at radius 1 is 1.29 bits per heavy atom. The lowest BCUT2D eigenvalue weighted by Crippen LogP contribution is -2.33. The lowest BCUT2D eigenvalue weighted by molar-refractivity contribution is 0.255. The summed E-state index contributed by atoms with van der Waals surface area (Å²) in [4.78, 5) is 0. The minimum absolute atomic E-state index is 0.466. The van der Waals surface area contributed by atoms with E-state index >= 15 is 0 Å². The molecular formula is C15H20ClN. The van der Waals surface area contributed by atoms with Crippen LogP contribution in [0, 0.1) is 17.3 Å². The quantitative estimate of drug-likeness (QED) is 0.861. The van der Waals surface area contributed by atoms with Crippen LogP contribution in [0.3, 0.4) is 0 Å². The Kier molecular flexibility index (Phi) is 2.92. The molecule has 1 aromatic rings. The largest absolute Gasteiger partial charge is 0.319 e. The van der Waals surface area contributed by atoms with Crippen LogP contribution in [0.25, 0.3) is 0 Å². The minimum Gasteiger partial charge on any atom is -0.319 e. The zero-order chi connectivity index (χ0) is 11.9. The zero-order valence-electron chi connectivity index (χ0n) is 10.4. The maximum absolute atomic E-state index is 6.29. The Labute approximate surface area is 109 Å². The molecule has 2 fully saturated rings. The van der Waals surface area contributed by atoms with E-state index in [9.17, 15) is 0 Å². The molecule has 0 bridgehead atoms. The van der Waals surface area contributed by atoms with Gasteiger partial charge in [0, 0.05) is 11.6 Å². The number of hydrogen-bond donors (Lipinski definition) is 1. The molecule has 92 valence electrons. The Morgan fingerprint density at radius 2 is 2.00 bits per heavy atom. The van der Waals surface area contributed by atoms with Gasteiger partial charge in [0.1, 0.15) is 0 Å². The molecule has 0 amide bonds. The summed E-state index contributed by atoms with van der Waals surface area (Å²) >= 11 is 6.29. The van der Waals surface area contributed by atoms with Crippen molar-refractivity contribution >= 4 is 11.6 Å². The van der Waals surface area contributed by atoms with Gasteiger partial charge in [-0.25, -0.2) is 0 Å². The number of benzene rings is 1. The highest BCUT2D eigenvalue weighted by molar-refractivity contribution is 6.31. The fourth-order valence-electron chi connectivity index (χ4n) is 3.78. The normalized spacial score (nSPS) is 34.7. The molecule has 0 saturated heterocycles. The van der Waals surface area contributed by atoms with Gasteiger partial charge in [0.2, 0.25) is 0 Å². The van der Waals surface area contributed by atoms with Gasteiger partial charge in [0.25, 0.3) is 0 Å². The molecule has 1 aromatic carbocycles. The third kappa shape index (κ3) is 2.23. The fraction of sp³-hybridized carbons (Fsp3) is 0.600. The summed E-state index contributed by atoms with van der Waals surface area (Å²) in [5, 5.41) is 4.32. The molecular weight excluding hydrogens is 230 g/mol. The van der Waals surface area contributed by atoms with E-state index in [-0.39, 0.29) is 0 Å². The van der Waals surface area contributed by atoms with Crippen LogP contribution < -0.4 is 5.32 Å². The predicted octanol–water partition coefficient (Wildman–Crippen LogP) is 3.52. The van der Waals surface area contributed by atoms with Crippen LogP contribution in [0.1, 0.15) is 24.8 Å². The molecule has 1 N–H and O–H groups in total. The molecule has 0 aliphatic heterocycles. The number of fused-ring (bicyclic) bond motifs is 1. The van der Waals surface area contributed by atoms with Crippen LogP contribution in [0.2, 0.25) is 5.02 Å². The molecule has 2 aliphatic rings. The molecule has 0 aromatic heterocycles. The van der Waals surface area contributed by atoms with Crippen LogP contribution >= 0.6 is 11.6 Å². The number of rotatable bonds is 4. The first-order valence-electron chi connectivity index (χ1n) is 6.60. The lowest BCUT2D eigenvalue weighted by atomic mass is 9.77. The Hall–Kier alpha value is -0.530. The van der Waals surface area contributed by atoms with Crippen molar-refractivity contribution < 1.29 is 0 Å². The lowest BCUT2D eigenvalue weighted by Gasteiger charge is -2.31. The van der Waals surface area contributed by atoms with Crippen molar-refractivity contribution in [3.63, 3.8) is 0 Å². The molecule has 2 unspecified atom stereocenters. The van der Waals surface area contributed by atoms with Crippen LogP contribution in [-0.2, 0) is 6.42 Å². The van der Waals surface area contributed by atoms with Crippen molar-refractivity contribution in [3.05, 3.63) is 34.9 Å². The summed E-state index contributed by atoms with van der Waals surface area (Å²) in [6.07, 6.45) is 5.40. The smallest absolute Gasteiger partial charge is 0.0438 e. The van der Waals surface area contributed by atoms with Crippen molar-refractivity contribution in [1.82, 2.24) is 5.32 Å². The van der Waals surface area contributed by atoms with Crippen molar-refractivity contribution in [2.45, 2.75) is 25.7 Å². The van der Waals surface area contributed by atoms with E-state index in [1.807, 2.05) is 12.1 Å².